The Morgan fingerprint density at radius 3 is 3.05 bits per heavy atom. The maximum Gasteiger partial charge on any atom is 0.123 e. The molecule has 0 amide bonds. The number of hydrogen-bond donors (Lipinski definition) is 1. The number of hydrogen-bond acceptors (Lipinski definition) is 3. The summed E-state index contributed by atoms with van der Waals surface area (Å²) in [6, 6.07) is 5.46. The Balaban J connectivity index is 1.97. The van der Waals surface area contributed by atoms with E-state index in [9.17, 15) is 4.39 Å². The summed E-state index contributed by atoms with van der Waals surface area (Å²) >= 11 is 0. The highest BCUT2D eigenvalue weighted by atomic mass is 19.1. The van der Waals surface area contributed by atoms with Gasteiger partial charge in [-0.05, 0) is 43.1 Å². The van der Waals surface area contributed by atoms with Crippen molar-refractivity contribution in [1.29, 1.82) is 0 Å². The van der Waals surface area contributed by atoms with Gasteiger partial charge in [-0.25, -0.2) is 4.39 Å². The van der Waals surface area contributed by atoms with Crippen molar-refractivity contribution >= 4 is 0 Å². The van der Waals surface area contributed by atoms with Crippen LogP contribution in [0.4, 0.5) is 4.39 Å². The van der Waals surface area contributed by atoms with Crippen LogP contribution in [0.25, 0.3) is 0 Å². The Morgan fingerprint density at radius 1 is 1.45 bits per heavy atom. The summed E-state index contributed by atoms with van der Waals surface area (Å²) in [6.45, 7) is 9.51. The van der Waals surface area contributed by atoms with Gasteiger partial charge in [-0.3, -0.25) is 4.90 Å². The van der Waals surface area contributed by atoms with Gasteiger partial charge in [0.05, 0.1) is 13.2 Å². The van der Waals surface area contributed by atoms with Crippen LogP contribution in [0.5, 0.6) is 0 Å². The lowest BCUT2D eigenvalue weighted by atomic mass is 10.1. The summed E-state index contributed by atoms with van der Waals surface area (Å²) in [5, 5.41) is 3.46. The third kappa shape index (κ3) is 4.27. The third-order valence-corrected chi connectivity index (χ3v) is 3.83. The third-order valence-electron chi connectivity index (χ3n) is 3.83. The number of nitrogens with one attached hydrogen (secondary N) is 1. The van der Waals surface area contributed by atoms with E-state index >= 15 is 0 Å². The number of halogens is 1. The van der Waals surface area contributed by atoms with E-state index in [4.69, 9.17) is 4.74 Å². The molecule has 112 valence electrons. The van der Waals surface area contributed by atoms with Crippen LogP contribution in [0.1, 0.15) is 24.5 Å². The Morgan fingerprint density at radius 2 is 2.30 bits per heavy atom. The molecule has 0 saturated carbocycles. The van der Waals surface area contributed by atoms with Crippen molar-refractivity contribution in [3.05, 3.63) is 35.1 Å². The fourth-order valence-corrected chi connectivity index (χ4v) is 2.59. The summed E-state index contributed by atoms with van der Waals surface area (Å²) in [7, 11) is 0. The van der Waals surface area contributed by atoms with Crippen molar-refractivity contribution < 1.29 is 9.13 Å². The molecule has 1 aromatic carbocycles. The van der Waals surface area contributed by atoms with E-state index in [2.05, 4.69) is 17.1 Å². The Bertz CT molecular complexity index is 425. The molecule has 0 bridgehead atoms. The van der Waals surface area contributed by atoms with Gasteiger partial charge in [0.1, 0.15) is 5.82 Å². The standard InChI is InChI=1S/C16H25FN2O/c1-3-6-18-10-16-12-20-8-7-19(16)11-14-4-5-15(17)9-13(14)2/h4-5,9,16,18H,3,6-8,10-12H2,1-2H3. The molecular weight excluding hydrogens is 255 g/mol. The minimum Gasteiger partial charge on any atom is -0.378 e. The maximum atomic E-state index is 13.2. The van der Waals surface area contributed by atoms with Gasteiger partial charge in [-0.15, -0.1) is 0 Å². The van der Waals surface area contributed by atoms with Gasteiger partial charge in [0.2, 0.25) is 0 Å². The molecule has 1 fully saturated rings. The molecule has 0 spiro atoms. The molecule has 0 aliphatic carbocycles. The first kappa shape index (κ1) is 15.4. The van der Waals surface area contributed by atoms with Gasteiger partial charge in [0.15, 0.2) is 0 Å². The smallest absolute Gasteiger partial charge is 0.123 e. The maximum absolute atomic E-state index is 13.2. The number of ether oxygens (including phenoxy) is 1. The average molecular weight is 280 g/mol. The van der Waals surface area contributed by atoms with Crippen LogP contribution in [0.3, 0.4) is 0 Å². The largest absolute Gasteiger partial charge is 0.378 e. The number of rotatable bonds is 6. The molecule has 1 unspecified atom stereocenters. The van der Waals surface area contributed by atoms with Crippen molar-refractivity contribution in [3.8, 4) is 0 Å². The normalized spacial score (nSPS) is 20.2. The van der Waals surface area contributed by atoms with Crippen LogP contribution in [-0.2, 0) is 11.3 Å². The van der Waals surface area contributed by atoms with Gasteiger partial charge in [-0.2, -0.15) is 0 Å². The molecular formula is C16H25FN2O. The SMILES string of the molecule is CCCNCC1COCCN1Cc1ccc(F)cc1C. The van der Waals surface area contributed by atoms with E-state index in [-0.39, 0.29) is 5.82 Å². The molecule has 1 N–H and O–H groups in total. The lowest BCUT2D eigenvalue weighted by Gasteiger charge is -2.36. The van der Waals surface area contributed by atoms with Crippen LogP contribution in [0, 0.1) is 12.7 Å². The van der Waals surface area contributed by atoms with Crippen LogP contribution < -0.4 is 5.32 Å². The Kier molecular flexibility index (Phi) is 5.95. The molecule has 1 aliphatic heterocycles. The first-order chi connectivity index (χ1) is 9.70. The molecule has 0 aromatic heterocycles. The molecule has 1 saturated heterocycles. The van der Waals surface area contributed by atoms with Gasteiger partial charge in [-0.1, -0.05) is 13.0 Å². The second-order valence-electron chi connectivity index (χ2n) is 5.47. The monoisotopic (exact) mass is 280 g/mol. The number of aryl methyl sites for hydroxylation is 1. The zero-order valence-corrected chi connectivity index (χ0v) is 12.5. The zero-order valence-electron chi connectivity index (χ0n) is 12.5. The van der Waals surface area contributed by atoms with E-state index in [0.29, 0.717) is 6.04 Å². The Labute approximate surface area is 121 Å². The van der Waals surface area contributed by atoms with E-state index in [1.54, 1.807) is 12.1 Å². The minimum atomic E-state index is -0.158. The fraction of sp³-hybridized carbons (Fsp3) is 0.625. The highest BCUT2D eigenvalue weighted by molar-refractivity contribution is 5.26. The van der Waals surface area contributed by atoms with Crippen molar-refractivity contribution in [2.24, 2.45) is 0 Å². The number of benzene rings is 1. The lowest BCUT2D eigenvalue weighted by Crippen LogP contribution is -2.50. The molecule has 1 atom stereocenters. The predicted octanol–water partition coefficient (Wildman–Crippen LogP) is 2.33. The highest BCUT2D eigenvalue weighted by Crippen LogP contribution is 2.16. The van der Waals surface area contributed by atoms with Crippen molar-refractivity contribution in [2.45, 2.75) is 32.9 Å². The second kappa shape index (κ2) is 7.72. The molecule has 4 heteroatoms. The van der Waals surface area contributed by atoms with Gasteiger partial charge >= 0.3 is 0 Å². The lowest BCUT2D eigenvalue weighted by molar-refractivity contribution is -0.0109. The van der Waals surface area contributed by atoms with E-state index in [1.165, 1.54) is 5.56 Å². The fourth-order valence-electron chi connectivity index (χ4n) is 2.59. The summed E-state index contributed by atoms with van der Waals surface area (Å²) in [5.74, 6) is -0.158. The topological polar surface area (TPSA) is 24.5 Å². The van der Waals surface area contributed by atoms with Crippen molar-refractivity contribution in [2.75, 3.05) is 32.8 Å². The van der Waals surface area contributed by atoms with Crippen molar-refractivity contribution in [3.63, 3.8) is 0 Å². The molecule has 20 heavy (non-hydrogen) atoms. The second-order valence-corrected chi connectivity index (χ2v) is 5.47. The number of nitrogens with zero attached hydrogens (tertiary/aromatic N) is 1. The van der Waals surface area contributed by atoms with E-state index in [0.717, 1.165) is 51.4 Å². The highest BCUT2D eigenvalue weighted by Gasteiger charge is 2.23. The van der Waals surface area contributed by atoms with Gasteiger partial charge in [0, 0.05) is 25.7 Å². The summed E-state index contributed by atoms with van der Waals surface area (Å²) < 4.78 is 18.8. The molecule has 3 nitrogen and oxygen atoms in total. The predicted molar refractivity (Wildman–Crippen MR) is 79.3 cm³/mol. The van der Waals surface area contributed by atoms with E-state index < -0.39 is 0 Å². The average Bonchev–Trinajstić information content (AvgIpc) is 2.44. The Hall–Kier alpha value is -0.970. The molecule has 1 aromatic rings. The van der Waals surface area contributed by atoms with Crippen LogP contribution in [0.15, 0.2) is 18.2 Å². The minimum absolute atomic E-state index is 0.158. The number of morpholine rings is 1. The summed E-state index contributed by atoms with van der Waals surface area (Å²) in [6.07, 6.45) is 1.14. The van der Waals surface area contributed by atoms with Gasteiger partial charge in [0.25, 0.3) is 0 Å². The first-order valence-corrected chi connectivity index (χ1v) is 7.48. The zero-order chi connectivity index (χ0) is 14.4. The summed E-state index contributed by atoms with van der Waals surface area (Å²) in [5.41, 5.74) is 2.23. The van der Waals surface area contributed by atoms with Crippen molar-refractivity contribution in [1.82, 2.24) is 10.2 Å². The van der Waals surface area contributed by atoms with Crippen LogP contribution >= 0.6 is 0 Å². The van der Waals surface area contributed by atoms with Crippen LogP contribution in [-0.4, -0.2) is 43.8 Å². The molecule has 1 heterocycles. The van der Waals surface area contributed by atoms with Crippen LogP contribution in [0.2, 0.25) is 0 Å². The molecule has 0 radical (unpaired) electrons. The first-order valence-electron chi connectivity index (χ1n) is 7.48. The van der Waals surface area contributed by atoms with Gasteiger partial charge < -0.3 is 10.1 Å². The van der Waals surface area contributed by atoms with E-state index in [1.807, 2.05) is 13.0 Å². The summed E-state index contributed by atoms with van der Waals surface area (Å²) in [4.78, 5) is 2.44. The molecule has 2 rings (SSSR count). The quantitative estimate of drug-likeness (QED) is 0.810. The molecule has 1 aliphatic rings.